The van der Waals surface area contributed by atoms with Crippen LogP contribution in [0.2, 0.25) is 0 Å². The molecular formula is C18H18FN5OS. The van der Waals surface area contributed by atoms with Gasteiger partial charge in [-0.3, -0.25) is 4.79 Å². The fourth-order valence-electron chi connectivity index (χ4n) is 2.42. The number of anilines is 1. The number of tetrazole rings is 1. The van der Waals surface area contributed by atoms with Crippen LogP contribution >= 0.6 is 11.8 Å². The van der Waals surface area contributed by atoms with Crippen molar-refractivity contribution in [3.05, 3.63) is 58.9 Å². The van der Waals surface area contributed by atoms with E-state index in [4.69, 9.17) is 0 Å². The highest BCUT2D eigenvalue weighted by atomic mass is 32.2. The van der Waals surface area contributed by atoms with Crippen molar-refractivity contribution in [2.45, 2.75) is 25.9 Å². The molecule has 134 valence electrons. The van der Waals surface area contributed by atoms with Crippen molar-refractivity contribution < 1.29 is 9.18 Å². The monoisotopic (exact) mass is 371 g/mol. The summed E-state index contributed by atoms with van der Waals surface area (Å²) in [5.74, 6) is -0.713. The molecule has 0 fully saturated rings. The van der Waals surface area contributed by atoms with Crippen LogP contribution in [0.25, 0.3) is 5.69 Å². The standard InChI is InChI=1S/C18H18FN5OS/c1-11-7-8-15(14(19)9-11)20-17(25)10-26-18-21-22-23-24(18)16-6-4-5-12(2)13(16)3/h4-9H,10H2,1-3H3,(H,20,25). The summed E-state index contributed by atoms with van der Waals surface area (Å²) in [6, 6.07) is 10.5. The van der Waals surface area contributed by atoms with E-state index >= 15 is 0 Å². The molecule has 0 atom stereocenters. The van der Waals surface area contributed by atoms with E-state index in [0.717, 1.165) is 22.4 Å². The first-order chi connectivity index (χ1) is 12.5. The molecule has 6 nitrogen and oxygen atoms in total. The third-order valence-corrected chi connectivity index (χ3v) is 4.90. The molecular weight excluding hydrogens is 353 g/mol. The van der Waals surface area contributed by atoms with Crippen LogP contribution in [0.3, 0.4) is 0 Å². The van der Waals surface area contributed by atoms with Gasteiger partial charge in [0.25, 0.3) is 0 Å². The van der Waals surface area contributed by atoms with Gasteiger partial charge in [0.15, 0.2) is 0 Å². The van der Waals surface area contributed by atoms with Gasteiger partial charge in [-0.15, -0.1) is 5.10 Å². The summed E-state index contributed by atoms with van der Waals surface area (Å²) in [4.78, 5) is 12.1. The van der Waals surface area contributed by atoms with Gasteiger partial charge in [0.1, 0.15) is 5.82 Å². The van der Waals surface area contributed by atoms with Crippen molar-refractivity contribution in [2.24, 2.45) is 0 Å². The molecule has 3 aromatic rings. The summed E-state index contributed by atoms with van der Waals surface area (Å²) in [5.41, 5.74) is 4.01. The minimum atomic E-state index is -0.455. The molecule has 1 heterocycles. The van der Waals surface area contributed by atoms with E-state index in [-0.39, 0.29) is 17.3 Å². The first-order valence-electron chi connectivity index (χ1n) is 7.99. The second-order valence-corrected chi connectivity index (χ2v) is 6.85. The second-order valence-electron chi connectivity index (χ2n) is 5.91. The van der Waals surface area contributed by atoms with Gasteiger partial charge in [-0.25, -0.2) is 4.39 Å². The van der Waals surface area contributed by atoms with Gasteiger partial charge in [-0.05, 0) is 66.1 Å². The number of halogens is 1. The zero-order chi connectivity index (χ0) is 18.7. The van der Waals surface area contributed by atoms with Crippen molar-refractivity contribution in [2.75, 3.05) is 11.1 Å². The van der Waals surface area contributed by atoms with E-state index in [1.165, 1.54) is 17.8 Å². The Labute approximate surface area is 154 Å². The van der Waals surface area contributed by atoms with E-state index in [1.54, 1.807) is 23.7 Å². The third kappa shape index (κ3) is 3.91. The fraction of sp³-hybridized carbons (Fsp3) is 0.222. The summed E-state index contributed by atoms with van der Waals surface area (Å²) in [7, 11) is 0. The first-order valence-corrected chi connectivity index (χ1v) is 8.98. The predicted molar refractivity (Wildman–Crippen MR) is 99.1 cm³/mol. The van der Waals surface area contributed by atoms with Crippen molar-refractivity contribution in [1.29, 1.82) is 0 Å². The molecule has 0 saturated heterocycles. The number of carbonyl (C=O) groups is 1. The average molecular weight is 371 g/mol. The highest BCUT2D eigenvalue weighted by Gasteiger charge is 2.14. The molecule has 1 amide bonds. The number of thioether (sulfide) groups is 1. The van der Waals surface area contributed by atoms with Gasteiger partial charge >= 0.3 is 0 Å². The Kier molecular flexibility index (Phi) is 5.32. The summed E-state index contributed by atoms with van der Waals surface area (Å²) < 4.78 is 15.4. The number of nitrogens with one attached hydrogen (secondary N) is 1. The largest absolute Gasteiger partial charge is 0.323 e. The lowest BCUT2D eigenvalue weighted by Crippen LogP contribution is -2.15. The van der Waals surface area contributed by atoms with Crippen LogP contribution in [0.15, 0.2) is 41.6 Å². The predicted octanol–water partition coefficient (Wildman–Crippen LogP) is 3.46. The van der Waals surface area contributed by atoms with E-state index in [9.17, 15) is 9.18 Å². The van der Waals surface area contributed by atoms with E-state index in [0.29, 0.717) is 5.16 Å². The molecule has 1 aromatic heterocycles. The second kappa shape index (κ2) is 7.65. The van der Waals surface area contributed by atoms with Crippen LogP contribution in [-0.4, -0.2) is 31.9 Å². The fourth-order valence-corrected chi connectivity index (χ4v) is 3.11. The van der Waals surface area contributed by atoms with Gasteiger partial charge in [-0.2, -0.15) is 4.68 Å². The lowest BCUT2D eigenvalue weighted by atomic mass is 10.1. The molecule has 2 aromatic carbocycles. The maximum absolute atomic E-state index is 13.8. The molecule has 1 N–H and O–H groups in total. The van der Waals surface area contributed by atoms with Crippen LogP contribution in [-0.2, 0) is 4.79 Å². The Hall–Kier alpha value is -2.74. The van der Waals surface area contributed by atoms with Crippen LogP contribution in [0.5, 0.6) is 0 Å². The molecule has 8 heteroatoms. The molecule has 3 rings (SSSR count). The summed E-state index contributed by atoms with van der Waals surface area (Å²) in [6.45, 7) is 5.80. The number of aromatic nitrogens is 4. The summed E-state index contributed by atoms with van der Waals surface area (Å²) in [6.07, 6.45) is 0. The van der Waals surface area contributed by atoms with Gasteiger partial charge in [-0.1, -0.05) is 30.0 Å². The quantitative estimate of drug-likeness (QED) is 0.696. The molecule has 0 saturated carbocycles. The van der Waals surface area contributed by atoms with E-state index < -0.39 is 5.82 Å². The SMILES string of the molecule is Cc1ccc(NC(=O)CSc2nnnn2-c2cccc(C)c2C)c(F)c1. The maximum Gasteiger partial charge on any atom is 0.234 e. The highest BCUT2D eigenvalue weighted by Crippen LogP contribution is 2.23. The number of hydrogen-bond donors (Lipinski definition) is 1. The molecule has 0 bridgehead atoms. The molecule has 0 aliphatic heterocycles. The van der Waals surface area contributed by atoms with Crippen molar-refractivity contribution in [3.8, 4) is 5.69 Å². The Morgan fingerprint density at radius 3 is 2.81 bits per heavy atom. The van der Waals surface area contributed by atoms with E-state index in [2.05, 4.69) is 20.8 Å². The number of amides is 1. The molecule has 0 unspecified atom stereocenters. The topological polar surface area (TPSA) is 72.7 Å². The number of hydrogen-bond acceptors (Lipinski definition) is 5. The smallest absolute Gasteiger partial charge is 0.234 e. The average Bonchev–Trinajstić information content (AvgIpc) is 3.06. The number of rotatable bonds is 5. The van der Waals surface area contributed by atoms with Crippen molar-refractivity contribution in [3.63, 3.8) is 0 Å². The highest BCUT2D eigenvalue weighted by molar-refractivity contribution is 7.99. The number of carbonyl (C=O) groups excluding carboxylic acids is 1. The number of aryl methyl sites for hydroxylation is 2. The zero-order valence-corrected chi connectivity index (χ0v) is 15.5. The minimum absolute atomic E-state index is 0.0680. The lowest BCUT2D eigenvalue weighted by molar-refractivity contribution is -0.113. The molecule has 26 heavy (non-hydrogen) atoms. The first kappa shape index (κ1) is 18.1. The van der Waals surface area contributed by atoms with Crippen molar-refractivity contribution >= 4 is 23.4 Å². The molecule has 0 spiro atoms. The summed E-state index contributed by atoms with van der Waals surface area (Å²) in [5, 5.41) is 14.8. The Morgan fingerprint density at radius 2 is 2.04 bits per heavy atom. The van der Waals surface area contributed by atoms with Gasteiger partial charge in [0, 0.05) is 0 Å². The van der Waals surface area contributed by atoms with Crippen LogP contribution in [0, 0.1) is 26.6 Å². The lowest BCUT2D eigenvalue weighted by Gasteiger charge is -2.10. The normalized spacial score (nSPS) is 10.8. The van der Waals surface area contributed by atoms with Crippen molar-refractivity contribution in [1.82, 2.24) is 20.2 Å². The molecule has 0 aliphatic carbocycles. The Morgan fingerprint density at radius 1 is 1.23 bits per heavy atom. The number of nitrogens with zero attached hydrogens (tertiary/aromatic N) is 4. The number of benzene rings is 2. The van der Waals surface area contributed by atoms with Crippen LogP contribution < -0.4 is 5.32 Å². The zero-order valence-electron chi connectivity index (χ0n) is 14.7. The molecule has 0 aliphatic rings. The minimum Gasteiger partial charge on any atom is -0.323 e. The Balaban J connectivity index is 1.70. The summed E-state index contributed by atoms with van der Waals surface area (Å²) >= 11 is 1.19. The van der Waals surface area contributed by atoms with Gasteiger partial charge < -0.3 is 5.32 Å². The van der Waals surface area contributed by atoms with Gasteiger partial charge in [0.2, 0.25) is 11.1 Å². The van der Waals surface area contributed by atoms with Gasteiger partial charge in [0.05, 0.1) is 17.1 Å². The Bertz CT molecular complexity index is 957. The third-order valence-electron chi connectivity index (χ3n) is 3.98. The van der Waals surface area contributed by atoms with Crippen LogP contribution in [0.1, 0.15) is 16.7 Å². The van der Waals surface area contributed by atoms with Crippen LogP contribution in [0.4, 0.5) is 10.1 Å². The molecule has 0 radical (unpaired) electrons. The maximum atomic E-state index is 13.8. The van der Waals surface area contributed by atoms with E-state index in [1.807, 2.05) is 32.0 Å².